The van der Waals surface area contributed by atoms with E-state index in [4.69, 9.17) is 0 Å². The SMILES string of the molecule is O=C(NCCCSc1nc2c(c(=O)[nH]1)CCCC2)c1cccc(OC(F)F)c1. The van der Waals surface area contributed by atoms with Crippen molar-refractivity contribution in [1.82, 2.24) is 15.3 Å². The van der Waals surface area contributed by atoms with Gasteiger partial charge in [-0.05, 0) is 50.3 Å². The highest BCUT2D eigenvalue weighted by Gasteiger charge is 2.15. The molecule has 1 amide bonds. The van der Waals surface area contributed by atoms with Crippen molar-refractivity contribution in [2.24, 2.45) is 0 Å². The molecule has 0 saturated carbocycles. The third-order valence-corrected chi connectivity index (χ3v) is 5.30. The number of H-pyrrole nitrogens is 1. The van der Waals surface area contributed by atoms with Gasteiger partial charge in [-0.3, -0.25) is 9.59 Å². The molecule has 0 atom stereocenters. The van der Waals surface area contributed by atoms with E-state index in [1.165, 1.54) is 36.0 Å². The van der Waals surface area contributed by atoms with Crippen LogP contribution in [0.2, 0.25) is 0 Å². The predicted molar refractivity (Wildman–Crippen MR) is 102 cm³/mol. The standard InChI is InChI=1S/C19H21F2N3O3S/c20-18(21)27-13-6-3-5-12(11-13)16(25)22-9-4-10-28-19-23-15-8-2-1-7-14(15)17(26)24-19/h3,5-6,11,18H,1-2,4,7-10H2,(H,22,25)(H,23,24,26). The third kappa shape index (κ3) is 5.54. The Kier molecular flexibility index (Phi) is 7.02. The molecule has 6 nitrogen and oxygen atoms in total. The van der Waals surface area contributed by atoms with E-state index in [0.29, 0.717) is 23.9 Å². The summed E-state index contributed by atoms with van der Waals surface area (Å²) in [7, 11) is 0. The van der Waals surface area contributed by atoms with Gasteiger partial charge in [0.05, 0.1) is 5.69 Å². The molecule has 1 aromatic carbocycles. The summed E-state index contributed by atoms with van der Waals surface area (Å²) in [4.78, 5) is 31.5. The maximum Gasteiger partial charge on any atom is 0.387 e. The molecule has 0 spiro atoms. The molecule has 0 bridgehead atoms. The van der Waals surface area contributed by atoms with E-state index in [2.05, 4.69) is 20.0 Å². The quantitative estimate of drug-likeness (QED) is 0.398. The molecule has 3 rings (SSSR count). The first-order chi connectivity index (χ1) is 13.5. The van der Waals surface area contributed by atoms with Crippen LogP contribution in [0.3, 0.4) is 0 Å². The number of aryl methyl sites for hydroxylation is 1. The number of alkyl halides is 2. The molecular weight excluding hydrogens is 388 g/mol. The lowest BCUT2D eigenvalue weighted by atomic mass is 9.97. The summed E-state index contributed by atoms with van der Waals surface area (Å²) in [6, 6.07) is 5.66. The minimum atomic E-state index is -2.93. The molecular formula is C19H21F2N3O3S. The highest BCUT2D eigenvalue weighted by Crippen LogP contribution is 2.20. The normalized spacial score (nSPS) is 13.2. The number of rotatable bonds is 8. The van der Waals surface area contributed by atoms with Crippen molar-refractivity contribution in [2.75, 3.05) is 12.3 Å². The average Bonchev–Trinajstić information content (AvgIpc) is 2.67. The van der Waals surface area contributed by atoms with Gasteiger partial charge in [0.15, 0.2) is 5.16 Å². The van der Waals surface area contributed by atoms with Gasteiger partial charge in [0, 0.05) is 23.4 Å². The minimum Gasteiger partial charge on any atom is -0.435 e. The highest BCUT2D eigenvalue weighted by atomic mass is 32.2. The molecule has 1 aliphatic rings. The number of ether oxygens (including phenoxy) is 1. The maximum absolute atomic E-state index is 12.2. The summed E-state index contributed by atoms with van der Waals surface area (Å²) < 4.78 is 28.8. The van der Waals surface area contributed by atoms with Crippen LogP contribution in [0.15, 0.2) is 34.2 Å². The molecule has 150 valence electrons. The number of aromatic amines is 1. The molecule has 0 saturated heterocycles. The van der Waals surface area contributed by atoms with E-state index < -0.39 is 6.61 Å². The number of nitrogens with one attached hydrogen (secondary N) is 2. The summed E-state index contributed by atoms with van der Waals surface area (Å²) in [5.41, 5.74) is 1.91. The number of thioether (sulfide) groups is 1. The number of fused-ring (bicyclic) bond motifs is 1. The second kappa shape index (κ2) is 9.68. The van der Waals surface area contributed by atoms with Gasteiger partial charge >= 0.3 is 6.61 Å². The first-order valence-corrected chi connectivity index (χ1v) is 10.1. The lowest BCUT2D eigenvalue weighted by Crippen LogP contribution is -2.25. The van der Waals surface area contributed by atoms with E-state index in [0.717, 1.165) is 36.9 Å². The molecule has 0 unspecified atom stereocenters. The Morgan fingerprint density at radius 3 is 2.96 bits per heavy atom. The minimum absolute atomic E-state index is 0.0496. The van der Waals surface area contributed by atoms with E-state index in [1.54, 1.807) is 0 Å². The molecule has 1 aliphatic carbocycles. The second-order valence-electron chi connectivity index (χ2n) is 6.37. The first kappa shape index (κ1) is 20.3. The topological polar surface area (TPSA) is 84.1 Å². The lowest BCUT2D eigenvalue weighted by Gasteiger charge is -2.14. The van der Waals surface area contributed by atoms with Gasteiger partial charge in [-0.15, -0.1) is 0 Å². The first-order valence-electron chi connectivity index (χ1n) is 9.11. The second-order valence-corrected chi connectivity index (χ2v) is 7.45. The van der Waals surface area contributed by atoms with E-state index in [1.807, 2.05) is 0 Å². The Morgan fingerprint density at radius 2 is 2.14 bits per heavy atom. The number of carbonyl (C=O) groups excluding carboxylic acids is 1. The van der Waals surface area contributed by atoms with Gasteiger partial charge in [-0.2, -0.15) is 8.78 Å². The lowest BCUT2D eigenvalue weighted by molar-refractivity contribution is -0.0498. The molecule has 0 fully saturated rings. The molecule has 2 N–H and O–H groups in total. The molecule has 9 heteroatoms. The number of benzene rings is 1. The summed E-state index contributed by atoms with van der Waals surface area (Å²) in [6.45, 7) is -2.51. The Labute approximate surface area is 165 Å². The van der Waals surface area contributed by atoms with Crippen LogP contribution in [-0.2, 0) is 12.8 Å². The fourth-order valence-corrected chi connectivity index (χ4v) is 3.83. The Balaban J connectivity index is 1.44. The monoisotopic (exact) mass is 409 g/mol. The van der Waals surface area contributed by atoms with Crippen molar-refractivity contribution in [2.45, 2.75) is 43.9 Å². The smallest absolute Gasteiger partial charge is 0.387 e. The summed E-state index contributed by atoms with van der Waals surface area (Å²) in [6.07, 6.45) is 4.39. The van der Waals surface area contributed by atoms with E-state index in [9.17, 15) is 18.4 Å². The summed E-state index contributed by atoms with van der Waals surface area (Å²) in [5.74, 6) is 0.266. The van der Waals surface area contributed by atoms with Crippen LogP contribution in [0, 0.1) is 0 Å². The maximum atomic E-state index is 12.2. The van der Waals surface area contributed by atoms with Crippen molar-refractivity contribution < 1.29 is 18.3 Å². The van der Waals surface area contributed by atoms with Gasteiger partial charge in [-0.1, -0.05) is 17.8 Å². The number of carbonyl (C=O) groups is 1. The van der Waals surface area contributed by atoms with Crippen LogP contribution in [0.4, 0.5) is 8.78 Å². The van der Waals surface area contributed by atoms with Gasteiger partial charge in [0.2, 0.25) is 0 Å². The predicted octanol–water partition coefficient (Wildman–Crippen LogP) is 3.16. The van der Waals surface area contributed by atoms with Gasteiger partial charge in [-0.25, -0.2) is 4.98 Å². The number of hydrogen-bond donors (Lipinski definition) is 2. The van der Waals surface area contributed by atoms with Crippen LogP contribution < -0.4 is 15.6 Å². The van der Waals surface area contributed by atoms with Crippen molar-refractivity contribution in [1.29, 1.82) is 0 Å². The third-order valence-electron chi connectivity index (χ3n) is 4.34. The molecule has 28 heavy (non-hydrogen) atoms. The van der Waals surface area contributed by atoms with E-state index >= 15 is 0 Å². The van der Waals surface area contributed by atoms with Gasteiger partial charge in [0.1, 0.15) is 5.75 Å². The molecule has 1 heterocycles. The van der Waals surface area contributed by atoms with E-state index in [-0.39, 0.29) is 22.8 Å². The van der Waals surface area contributed by atoms with Crippen molar-refractivity contribution in [3.8, 4) is 5.75 Å². The van der Waals surface area contributed by atoms with Crippen LogP contribution in [0.1, 0.15) is 40.9 Å². The molecule has 1 aromatic heterocycles. The Bertz CT molecular complexity index is 889. The summed E-state index contributed by atoms with van der Waals surface area (Å²) in [5, 5.41) is 3.34. The number of aromatic nitrogens is 2. The zero-order chi connectivity index (χ0) is 19.9. The van der Waals surface area contributed by atoms with Crippen molar-refractivity contribution >= 4 is 17.7 Å². The number of halogens is 2. The number of hydrogen-bond acceptors (Lipinski definition) is 5. The number of nitrogens with zero attached hydrogens (tertiary/aromatic N) is 1. The van der Waals surface area contributed by atoms with Crippen LogP contribution in [0.5, 0.6) is 5.75 Å². The van der Waals surface area contributed by atoms with Gasteiger partial charge in [0.25, 0.3) is 11.5 Å². The Morgan fingerprint density at radius 1 is 1.32 bits per heavy atom. The zero-order valence-corrected chi connectivity index (χ0v) is 16.0. The fraction of sp³-hybridized carbons (Fsp3) is 0.421. The number of amides is 1. The van der Waals surface area contributed by atoms with Gasteiger partial charge < -0.3 is 15.0 Å². The average molecular weight is 409 g/mol. The van der Waals surface area contributed by atoms with Crippen LogP contribution >= 0.6 is 11.8 Å². The van der Waals surface area contributed by atoms with Crippen molar-refractivity contribution in [3.63, 3.8) is 0 Å². The van der Waals surface area contributed by atoms with Crippen LogP contribution in [-0.4, -0.2) is 34.8 Å². The molecule has 2 aromatic rings. The van der Waals surface area contributed by atoms with Crippen molar-refractivity contribution in [3.05, 3.63) is 51.4 Å². The molecule has 0 radical (unpaired) electrons. The Hall–Kier alpha value is -2.42. The largest absolute Gasteiger partial charge is 0.435 e. The van der Waals surface area contributed by atoms with Crippen LogP contribution in [0.25, 0.3) is 0 Å². The zero-order valence-electron chi connectivity index (χ0n) is 15.2. The highest BCUT2D eigenvalue weighted by molar-refractivity contribution is 7.99. The summed E-state index contributed by atoms with van der Waals surface area (Å²) >= 11 is 1.44. The molecule has 0 aliphatic heterocycles. The fourth-order valence-electron chi connectivity index (χ4n) is 3.01.